The van der Waals surface area contributed by atoms with Crippen LogP contribution in [0.25, 0.3) is 10.8 Å². The second-order valence-corrected chi connectivity index (χ2v) is 5.55. The van der Waals surface area contributed by atoms with Gasteiger partial charge in [0.2, 0.25) is 5.91 Å². The smallest absolute Gasteiger partial charge is 0.270 e. The molecule has 6 heteroatoms. The van der Waals surface area contributed by atoms with Crippen molar-refractivity contribution in [2.75, 3.05) is 13.1 Å². The van der Waals surface area contributed by atoms with Crippen molar-refractivity contribution in [2.45, 2.75) is 13.8 Å². The third kappa shape index (κ3) is 3.58. The summed E-state index contributed by atoms with van der Waals surface area (Å²) in [5.41, 5.74) is 1.40. The van der Waals surface area contributed by atoms with E-state index in [0.29, 0.717) is 18.8 Å². The van der Waals surface area contributed by atoms with Crippen molar-refractivity contribution in [1.29, 1.82) is 0 Å². The van der Waals surface area contributed by atoms with E-state index in [9.17, 15) is 9.59 Å². The van der Waals surface area contributed by atoms with Crippen molar-refractivity contribution < 1.29 is 9.59 Å². The Kier molecular flexibility index (Phi) is 4.90. The van der Waals surface area contributed by atoms with Crippen LogP contribution in [0.1, 0.15) is 23.0 Å². The summed E-state index contributed by atoms with van der Waals surface area (Å²) >= 11 is 3.50. The van der Waals surface area contributed by atoms with E-state index in [4.69, 9.17) is 0 Å². The molecule has 0 unspecified atom stereocenters. The highest BCUT2D eigenvalue weighted by Gasteiger charge is 2.14. The number of rotatable bonds is 4. The van der Waals surface area contributed by atoms with E-state index in [0.717, 1.165) is 20.8 Å². The SMILES string of the molecule is CC(=O)NCCNC(=O)c1ncc(C)c2c(Br)cccc12. The Hall–Kier alpha value is -1.95. The number of amides is 2. The van der Waals surface area contributed by atoms with Gasteiger partial charge in [0.1, 0.15) is 5.69 Å². The molecule has 21 heavy (non-hydrogen) atoms. The number of aryl methyl sites for hydroxylation is 1. The summed E-state index contributed by atoms with van der Waals surface area (Å²) in [5, 5.41) is 7.17. The van der Waals surface area contributed by atoms with Gasteiger partial charge < -0.3 is 10.6 Å². The van der Waals surface area contributed by atoms with Gasteiger partial charge in [-0.1, -0.05) is 28.1 Å². The normalized spacial score (nSPS) is 10.4. The molecule has 1 heterocycles. The van der Waals surface area contributed by atoms with E-state index in [2.05, 4.69) is 31.5 Å². The topological polar surface area (TPSA) is 71.1 Å². The van der Waals surface area contributed by atoms with Crippen LogP contribution in [0.5, 0.6) is 0 Å². The van der Waals surface area contributed by atoms with Gasteiger partial charge in [-0.15, -0.1) is 0 Å². The zero-order chi connectivity index (χ0) is 15.4. The quantitative estimate of drug-likeness (QED) is 0.831. The molecule has 0 aliphatic rings. The molecule has 0 saturated heterocycles. The first-order valence-electron chi connectivity index (χ1n) is 6.57. The van der Waals surface area contributed by atoms with Crippen LogP contribution in [-0.4, -0.2) is 29.9 Å². The van der Waals surface area contributed by atoms with Crippen LogP contribution >= 0.6 is 15.9 Å². The average Bonchev–Trinajstić information content (AvgIpc) is 2.43. The van der Waals surface area contributed by atoms with Crippen LogP contribution in [0.2, 0.25) is 0 Å². The van der Waals surface area contributed by atoms with Gasteiger partial charge in [0.05, 0.1) is 0 Å². The Labute approximate surface area is 131 Å². The lowest BCUT2D eigenvalue weighted by atomic mass is 10.1. The highest BCUT2D eigenvalue weighted by atomic mass is 79.9. The van der Waals surface area contributed by atoms with Crippen molar-refractivity contribution in [3.63, 3.8) is 0 Å². The monoisotopic (exact) mass is 349 g/mol. The molecule has 0 atom stereocenters. The molecule has 2 N–H and O–H groups in total. The summed E-state index contributed by atoms with van der Waals surface area (Å²) in [7, 11) is 0. The molecule has 0 spiro atoms. The van der Waals surface area contributed by atoms with Crippen LogP contribution in [0.4, 0.5) is 0 Å². The molecule has 0 aliphatic heterocycles. The van der Waals surface area contributed by atoms with Crippen molar-refractivity contribution in [1.82, 2.24) is 15.6 Å². The minimum Gasteiger partial charge on any atom is -0.355 e. The summed E-state index contributed by atoms with van der Waals surface area (Å²) < 4.78 is 0.937. The van der Waals surface area contributed by atoms with E-state index < -0.39 is 0 Å². The first-order chi connectivity index (χ1) is 10.0. The van der Waals surface area contributed by atoms with Crippen molar-refractivity contribution in [2.24, 2.45) is 0 Å². The fourth-order valence-electron chi connectivity index (χ4n) is 2.10. The van der Waals surface area contributed by atoms with Crippen LogP contribution in [-0.2, 0) is 4.79 Å². The van der Waals surface area contributed by atoms with Gasteiger partial charge in [0.15, 0.2) is 0 Å². The maximum Gasteiger partial charge on any atom is 0.270 e. The zero-order valence-electron chi connectivity index (χ0n) is 11.9. The molecule has 2 amide bonds. The van der Waals surface area contributed by atoms with E-state index in [1.165, 1.54) is 6.92 Å². The number of nitrogens with zero attached hydrogens (tertiary/aromatic N) is 1. The number of hydrogen-bond donors (Lipinski definition) is 2. The zero-order valence-corrected chi connectivity index (χ0v) is 13.5. The number of aromatic nitrogens is 1. The second-order valence-electron chi connectivity index (χ2n) is 4.69. The van der Waals surface area contributed by atoms with E-state index >= 15 is 0 Å². The number of halogens is 1. The lowest BCUT2D eigenvalue weighted by Crippen LogP contribution is -2.34. The summed E-state index contributed by atoms with van der Waals surface area (Å²) in [5.74, 6) is -0.365. The lowest BCUT2D eigenvalue weighted by molar-refractivity contribution is -0.118. The molecular formula is C15H16BrN3O2. The minimum absolute atomic E-state index is 0.118. The van der Waals surface area contributed by atoms with E-state index in [1.807, 2.05) is 25.1 Å². The Morgan fingerprint density at radius 3 is 2.67 bits per heavy atom. The van der Waals surface area contributed by atoms with E-state index in [1.54, 1.807) is 6.20 Å². The van der Waals surface area contributed by atoms with Gasteiger partial charge in [-0.3, -0.25) is 14.6 Å². The molecule has 5 nitrogen and oxygen atoms in total. The highest BCUT2D eigenvalue weighted by Crippen LogP contribution is 2.28. The Morgan fingerprint density at radius 2 is 1.95 bits per heavy atom. The van der Waals surface area contributed by atoms with Gasteiger partial charge >= 0.3 is 0 Å². The predicted molar refractivity (Wildman–Crippen MR) is 85.2 cm³/mol. The van der Waals surface area contributed by atoms with Crippen LogP contribution < -0.4 is 10.6 Å². The fourth-order valence-corrected chi connectivity index (χ4v) is 2.78. The summed E-state index contributed by atoms with van der Waals surface area (Å²) in [4.78, 5) is 27.2. The summed E-state index contributed by atoms with van der Waals surface area (Å²) in [6, 6.07) is 5.69. The lowest BCUT2D eigenvalue weighted by Gasteiger charge is -2.10. The summed E-state index contributed by atoms with van der Waals surface area (Å²) in [6.45, 7) is 4.16. The first-order valence-corrected chi connectivity index (χ1v) is 7.36. The molecule has 0 saturated carbocycles. The van der Waals surface area contributed by atoms with Crippen LogP contribution in [0.15, 0.2) is 28.9 Å². The Balaban J connectivity index is 2.22. The van der Waals surface area contributed by atoms with Crippen molar-refractivity contribution >= 4 is 38.5 Å². The molecule has 0 radical (unpaired) electrons. The predicted octanol–water partition coefficient (Wildman–Crippen LogP) is 2.17. The highest BCUT2D eigenvalue weighted by molar-refractivity contribution is 9.10. The maximum atomic E-state index is 12.2. The van der Waals surface area contributed by atoms with Crippen molar-refractivity contribution in [3.05, 3.63) is 40.1 Å². The van der Waals surface area contributed by atoms with Gasteiger partial charge in [-0.2, -0.15) is 0 Å². The van der Waals surface area contributed by atoms with Gasteiger partial charge in [-0.25, -0.2) is 0 Å². The Bertz CT molecular complexity index is 692. The molecule has 1 aromatic heterocycles. The minimum atomic E-state index is -0.247. The van der Waals surface area contributed by atoms with Crippen LogP contribution in [0, 0.1) is 6.92 Å². The number of nitrogens with one attached hydrogen (secondary N) is 2. The molecule has 0 aliphatic carbocycles. The van der Waals surface area contributed by atoms with Gasteiger partial charge in [0.25, 0.3) is 5.91 Å². The van der Waals surface area contributed by atoms with Crippen molar-refractivity contribution in [3.8, 4) is 0 Å². The molecule has 110 valence electrons. The fraction of sp³-hybridized carbons (Fsp3) is 0.267. The van der Waals surface area contributed by atoms with Crippen LogP contribution in [0.3, 0.4) is 0 Å². The molecule has 1 aromatic carbocycles. The third-order valence-corrected chi connectivity index (χ3v) is 3.71. The number of fused-ring (bicyclic) bond motifs is 1. The molecule has 2 aromatic rings. The Morgan fingerprint density at radius 1 is 1.24 bits per heavy atom. The second kappa shape index (κ2) is 6.67. The number of carbonyl (C=O) groups excluding carboxylic acids is 2. The number of benzene rings is 1. The number of hydrogen-bond acceptors (Lipinski definition) is 3. The summed E-state index contributed by atoms with van der Waals surface area (Å²) in [6.07, 6.45) is 1.69. The third-order valence-electron chi connectivity index (χ3n) is 3.05. The molecule has 2 rings (SSSR count). The standard InChI is InChI=1S/C15H16BrN3O2/c1-9-8-19-14(11-4-3-5-12(16)13(9)11)15(21)18-7-6-17-10(2)20/h3-5,8H,6-7H2,1-2H3,(H,17,20)(H,18,21). The maximum absolute atomic E-state index is 12.2. The molecular weight excluding hydrogens is 334 g/mol. The molecule has 0 bridgehead atoms. The number of carbonyl (C=O) groups is 2. The molecule has 0 fully saturated rings. The van der Waals surface area contributed by atoms with Gasteiger partial charge in [0, 0.05) is 41.5 Å². The first kappa shape index (κ1) is 15.4. The number of pyridine rings is 1. The van der Waals surface area contributed by atoms with Gasteiger partial charge in [-0.05, 0) is 18.6 Å². The van der Waals surface area contributed by atoms with E-state index in [-0.39, 0.29) is 11.8 Å². The average molecular weight is 350 g/mol. The largest absolute Gasteiger partial charge is 0.355 e.